The molecule has 0 spiro atoms. The van der Waals surface area contributed by atoms with Gasteiger partial charge in [-0.05, 0) is 38.4 Å². The third-order valence-electron chi connectivity index (χ3n) is 2.84. The highest BCUT2D eigenvalue weighted by molar-refractivity contribution is 5.58. The lowest BCUT2D eigenvalue weighted by Crippen LogP contribution is -2.25. The molecule has 4 heteroatoms. The van der Waals surface area contributed by atoms with Crippen molar-refractivity contribution in [2.24, 2.45) is 0 Å². The maximum Gasteiger partial charge on any atom is 0.137 e. The standard InChI is InChI=1S/C15H19FN2O/c1-18(2)10-9-17-11-12-7-8-15(19-12)13-5-3-4-6-14(13)16/h3-8,17H,9-11H2,1-2H3. The lowest BCUT2D eigenvalue weighted by molar-refractivity contribution is 0.392. The molecule has 2 aromatic rings. The number of hydrogen-bond acceptors (Lipinski definition) is 3. The Hall–Kier alpha value is -1.65. The number of nitrogens with zero attached hydrogens (tertiary/aromatic N) is 1. The van der Waals surface area contributed by atoms with Gasteiger partial charge in [0, 0.05) is 13.1 Å². The Bertz CT molecular complexity index is 522. The average molecular weight is 262 g/mol. The van der Waals surface area contributed by atoms with Crippen molar-refractivity contribution in [1.82, 2.24) is 10.2 Å². The lowest BCUT2D eigenvalue weighted by Gasteiger charge is -2.09. The van der Waals surface area contributed by atoms with E-state index in [-0.39, 0.29) is 5.82 Å². The molecule has 0 saturated heterocycles. The lowest BCUT2D eigenvalue weighted by atomic mass is 10.1. The van der Waals surface area contributed by atoms with Crippen LogP contribution in [0.2, 0.25) is 0 Å². The monoisotopic (exact) mass is 262 g/mol. The third-order valence-corrected chi connectivity index (χ3v) is 2.84. The molecular weight excluding hydrogens is 243 g/mol. The predicted molar refractivity (Wildman–Crippen MR) is 74.4 cm³/mol. The van der Waals surface area contributed by atoms with E-state index in [1.807, 2.05) is 20.2 Å². The van der Waals surface area contributed by atoms with Gasteiger partial charge in [0.05, 0.1) is 12.1 Å². The van der Waals surface area contributed by atoms with Crippen LogP contribution in [0.4, 0.5) is 4.39 Å². The van der Waals surface area contributed by atoms with Crippen molar-refractivity contribution in [3.8, 4) is 11.3 Å². The second-order valence-electron chi connectivity index (χ2n) is 4.73. The molecule has 1 aromatic heterocycles. The van der Waals surface area contributed by atoms with Crippen LogP contribution in [-0.2, 0) is 6.54 Å². The van der Waals surface area contributed by atoms with Crippen LogP contribution in [0, 0.1) is 5.82 Å². The maximum atomic E-state index is 13.6. The van der Waals surface area contributed by atoms with Crippen molar-refractivity contribution in [2.75, 3.05) is 27.2 Å². The molecule has 0 bridgehead atoms. The van der Waals surface area contributed by atoms with Gasteiger partial charge in [0.15, 0.2) is 0 Å². The van der Waals surface area contributed by atoms with Crippen molar-refractivity contribution in [3.05, 3.63) is 48.0 Å². The molecule has 0 aliphatic carbocycles. The molecule has 0 aliphatic rings. The highest BCUT2D eigenvalue weighted by atomic mass is 19.1. The third kappa shape index (κ3) is 3.91. The van der Waals surface area contributed by atoms with Crippen LogP contribution in [0.1, 0.15) is 5.76 Å². The van der Waals surface area contributed by atoms with E-state index in [0.717, 1.165) is 18.8 Å². The molecule has 2 rings (SSSR count). The molecule has 102 valence electrons. The molecule has 3 nitrogen and oxygen atoms in total. The van der Waals surface area contributed by atoms with Crippen LogP contribution < -0.4 is 5.32 Å². The number of hydrogen-bond donors (Lipinski definition) is 1. The predicted octanol–water partition coefficient (Wildman–Crippen LogP) is 2.74. The number of likely N-dealkylation sites (N-methyl/N-ethyl adjacent to an activating group) is 1. The highest BCUT2D eigenvalue weighted by Crippen LogP contribution is 2.24. The van der Waals surface area contributed by atoms with E-state index < -0.39 is 0 Å². The van der Waals surface area contributed by atoms with Crippen LogP contribution in [-0.4, -0.2) is 32.1 Å². The highest BCUT2D eigenvalue weighted by Gasteiger charge is 2.08. The average Bonchev–Trinajstić information content (AvgIpc) is 2.83. The molecule has 0 radical (unpaired) electrons. The SMILES string of the molecule is CN(C)CCNCc1ccc(-c2ccccc2F)o1. The van der Waals surface area contributed by atoms with Crippen LogP contribution in [0.15, 0.2) is 40.8 Å². The van der Waals surface area contributed by atoms with E-state index in [1.165, 1.54) is 6.07 Å². The Labute approximate surface area is 113 Å². The van der Waals surface area contributed by atoms with Crippen LogP contribution >= 0.6 is 0 Å². The first-order valence-corrected chi connectivity index (χ1v) is 6.36. The molecule has 0 unspecified atom stereocenters. The van der Waals surface area contributed by atoms with Gasteiger partial charge in [-0.1, -0.05) is 12.1 Å². The maximum absolute atomic E-state index is 13.6. The van der Waals surface area contributed by atoms with Crippen LogP contribution in [0.5, 0.6) is 0 Å². The summed E-state index contributed by atoms with van der Waals surface area (Å²) < 4.78 is 19.2. The summed E-state index contributed by atoms with van der Waals surface area (Å²) in [5.41, 5.74) is 0.502. The Morgan fingerprint density at radius 2 is 1.95 bits per heavy atom. The smallest absolute Gasteiger partial charge is 0.137 e. The molecule has 19 heavy (non-hydrogen) atoms. The Balaban J connectivity index is 1.94. The minimum atomic E-state index is -0.260. The van der Waals surface area contributed by atoms with E-state index in [2.05, 4.69) is 10.2 Å². The van der Waals surface area contributed by atoms with Gasteiger partial charge in [-0.3, -0.25) is 0 Å². The summed E-state index contributed by atoms with van der Waals surface area (Å²) in [7, 11) is 4.07. The molecular formula is C15H19FN2O. The first-order valence-electron chi connectivity index (χ1n) is 6.36. The van der Waals surface area contributed by atoms with Gasteiger partial charge in [-0.2, -0.15) is 0 Å². The van der Waals surface area contributed by atoms with Crippen molar-refractivity contribution in [3.63, 3.8) is 0 Å². The van der Waals surface area contributed by atoms with Gasteiger partial charge in [-0.25, -0.2) is 4.39 Å². The summed E-state index contributed by atoms with van der Waals surface area (Å²) in [5.74, 6) is 1.13. The zero-order valence-corrected chi connectivity index (χ0v) is 11.3. The molecule has 0 atom stereocenters. The Morgan fingerprint density at radius 1 is 1.16 bits per heavy atom. The summed E-state index contributed by atoms with van der Waals surface area (Å²) in [6.45, 7) is 2.52. The molecule has 1 aromatic carbocycles. The fourth-order valence-electron chi connectivity index (χ4n) is 1.79. The van der Waals surface area contributed by atoms with Crippen molar-refractivity contribution in [2.45, 2.75) is 6.54 Å². The largest absolute Gasteiger partial charge is 0.460 e. The minimum absolute atomic E-state index is 0.260. The van der Waals surface area contributed by atoms with E-state index in [4.69, 9.17) is 4.42 Å². The van der Waals surface area contributed by atoms with Gasteiger partial charge in [-0.15, -0.1) is 0 Å². The number of nitrogens with one attached hydrogen (secondary N) is 1. The number of benzene rings is 1. The minimum Gasteiger partial charge on any atom is -0.460 e. The summed E-state index contributed by atoms with van der Waals surface area (Å²) in [6, 6.07) is 10.3. The van der Waals surface area contributed by atoms with E-state index >= 15 is 0 Å². The summed E-state index contributed by atoms with van der Waals surface area (Å²) >= 11 is 0. The molecule has 0 saturated carbocycles. The Morgan fingerprint density at radius 3 is 2.68 bits per heavy atom. The first kappa shape index (κ1) is 13.8. The first-order chi connectivity index (χ1) is 9.16. The van der Waals surface area contributed by atoms with Crippen molar-refractivity contribution >= 4 is 0 Å². The second kappa shape index (κ2) is 6.50. The summed E-state index contributed by atoms with van der Waals surface area (Å²) in [5, 5.41) is 3.28. The number of halogens is 1. The van der Waals surface area contributed by atoms with E-state index in [0.29, 0.717) is 17.9 Å². The Kier molecular flexibility index (Phi) is 4.71. The zero-order chi connectivity index (χ0) is 13.7. The molecule has 0 aliphatic heterocycles. The quantitative estimate of drug-likeness (QED) is 0.811. The summed E-state index contributed by atoms with van der Waals surface area (Å²) in [6.07, 6.45) is 0. The van der Waals surface area contributed by atoms with Gasteiger partial charge < -0.3 is 14.6 Å². The van der Waals surface area contributed by atoms with Gasteiger partial charge in [0.1, 0.15) is 17.3 Å². The fourth-order valence-corrected chi connectivity index (χ4v) is 1.79. The van der Waals surface area contributed by atoms with E-state index in [9.17, 15) is 4.39 Å². The summed E-state index contributed by atoms with van der Waals surface area (Å²) in [4.78, 5) is 2.11. The van der Waals surface area contributed by atoms with Gasteiger partial charge in [0.2, 0.25) is 0 Å². The molecule has 0 fully saturated rings. The van der Waals surface area contributed by atoms with Crippen LogP contribution in [0.3, 0.4) is 0 Å². The normalized spacial score (nSPS) is 11.2. The number of furan rings is 1. The fraction of sp³-hybridized carbons (Fsp3) is 0.333. The molecule has 0 amide bonds. The van der Waals surface area contributed by atoms with Crippen molar-refractivity contribution < 1.29 is 8.81 Å². The van der Waals surface area contributed by atoms with Gasteiger partial charge >= 0.3 is 0 Å². The second-order valence-corrected chi connectivity index (χ2v) is 4.73. The van der Waals surface area contributed by atoms with E-state index in [1.54, 1.807) is 24.3 Å². The number of rotatable bonds is 6. The zero-order valence-electron chi connectivity index (χ0n) is 11.3. The van der Waals surface area contributed by atoms with Gasteiger partial charge in [0.25, 0.3) is 0 Å². The van der Waals surface area contributed by atoms with Crippen LogP contribution in [0.25, 0.3) is 11.3 Å². The molecule has 1 N–H and O–H groups in total. The molecule has 1 heterocycles. The topological polar surface area (TPSA) is 28.4 Å². The van der Waals surface area contributed by atoms with Crippen molar-refractivity contribution in [1.29, 1.82) is 0 Å².